The molecule has 0 aliphatic heterocycles. The predicted molar refractivity (Wildman–Crippen MR) is 66.0 cm³/mol. The van der Waals surface area contributed by atoms with Gasteiger partial charge in [-0.1, -0.05) is 13.8 Å². The molecule has 0 bridgehead atoms. The van der Waals surface area contributed by atoms with Gasteiger partial charge in [0, 0.05) is 17.5 Å². The molecule has 5 heteroatoms. The summed E-state index contributed by atoms with van der Waals surface area (Å²) in [5.41, 5.74) is 6.66. The van der Waals surface area contributed by atoms with Crippen LogP contribution in [-0.2, 0) is 0 Å². The van der Waals surface area contributed by atoms with Crippen molar-refractivity contribution < 1.29 is 8.78 Å². The molecule has 0 spiro atoms. The van der Waals surface area contributed by atoms with E-state index in [1.54, 1.807) is 0 Å². The number of anilines is 1. The molecule has 1 heterocycles. The van der Waals surface area contributed by atoms with Gasteiger partial charge in [0.05, 0.1) is 5.01 Å². The highest BCUT2D eigenvalue weighted by Crippen LogP contribution is 2.34. The summed E-state index contributed by atoms with van der Waals surface area (Å²) < 4.78 is 26.2. The molecule has 1 aromatic heterocycles. The Kier molecular flexibility index (Phi) is 3.11. The molecule has 0 saturated heterocycles. The standard InChI is InChI=1S/C12H12F2N2S/c1-6(2)12-16-10(11(15)17-12)7-3-8(13)5-9(14)4-7/h3-6H,15H2,1-2H3. The molecule has 0 amide bonds. The van der Waals surface area contributed by atoms with Crippen molar-refractivity contribution in [1.29, 1.82) is 0 Å². The van der Waals surface area contributed by atoms with Crippen LogP contribution in [0, 0.1) is 11.6 Å². The highest BCUT2D eigenvalue weighted by atomic mass is 32.1. The van der Waals surface area contributed by atoms with E-state index >= 15 is 0 Å². The summed E-state index contributed by atoms with van der Waals surface area (Å²) in [6.07, 6.45) is 0. The van der Waals surface area contributed by atoms with Crippen LogP contribution in [0.25, 0.3) is 11.3 Å². The fourth-order valence-electron chi connectivity index (χ4n) is 1.49. The van der Waals surface area contributed by atoms with Crippen LogP contribution < -0.4 is 5.73 Å². The van der Waals surface area contributed by atoms with E-state index in [9.17, 15) is 8.78 Å². The molecule has 0 aliphatic carbocycles. The molecule has 17 heavy (non-hydrogen) atoms. The molecular weight excluding hydrogens is 242 g/mol. The van der Waals surface area contributed by atoms with Crippen LogP contribution in [0.2, 0.25) is 0 Å². The number of benzene rings is 1. The molecule has 2 N–H and O–H groups in total. The van der Waals surface area contributed by atoms with Crippen LogP contribution in [-0.4, -0.2) is 4.98 Å². The van der Waals surface area contributed by atoms with Gasteiger partial charge in [0.1, 0.15) is 22.3 Å². The highest BCUT2D eigenvalue weighted by molar-refractivity contribution is 7.16. The smallest absolute Gasteiger partial charge is 0.126 e. The van der Waals surface area contributed by atoms with E-state index in [0.29, 0.717) is 16.3 Å². The van der Waals surface area contributed by atoms with E-state index in [-0.39, 0.29) is 5.92 Å². The van der Waals surface area contributed by atoms with Gasteiger partial charge in [-0.25, -0.2) is 13.8 Å². The zero-order valence-corrected chi connectivity index (χ0v) is 10.3. The van der Waals surface area contributed by atoms with Gasteiger partial charge in [-0.2, -0.15) is 0 Å². The Balaban J connectivity index is 2.52. The van der Waals surface area contributed by atoms with Crippen molar-refractivity contribution in [2.24, 2.45) is 0 Å². The molecule has 2 nitrogen and oxygen atoms in total. The molecule has 0 atom stereocenters. The summed E-state index contributed by atoms with van der Waals surface area (Å²) in [6.45, 7) is 3.99. The van der Waals surface area contributed by atoms with E-state index < -0.39 is 11.6 Å². The number of halogens is 2. The van der Waals surface area contributed by atoms with Crippen molar-refractivity contribution in [2.75, 3.05) is 5.73 Å². The average molecular weight is 254 g/mol. The van der Waals surface area contributed by atoms with Gasteiger partial charge in [-0.05, 0) is 12.1 Å². The average Bonchev–Trinajstić information content (AvgIpc) is 2.59. The first-order chi connectivity index (χ1) is 7.97. The van der Waals surface area contributed by atoms with Gasteiger partial charge in [-0.3, -0.25) is 0 Å². The lowest BCUT2D eigenvalue weighted by Crippen LogP contribution is -1.90. The molecule has 0 aliphatic rings. The van der Waals surface area contributed by atoms with Crippen LogP contribution in [0.15, 0.2) is 18.2 Å². The van der Waals surface area contributed by atoms with Crippen LogP contribution in [0.5, 0.6) is 0 Å². The lowest BCUT2D eigenvalue weighted by molar-refractivity contribution is 0.584. The van der Waals surface area contributed by atoms with Gasteiger partial charge in [-0.15, -0.1) is 11.3 Å². The number of nitrogen functional groups attached to an aromatic ring is 1. The maximum Gasteiger partial charge on any atom is 0.126 e. The Morgan fingerprint density at radius 1 is 1.18 bits per heavy atom. The lowest BCUT2D eigenvalue weighted by atomic mass is 10.1. The topological polar surface area (TPSA) is 38.9 Å². The minimum absolute atomic E-state index is 0.245. The number of hydrogen-bond donors (Lipinski definition) is 1. The summed E-state index contributed by atoms with van der Waals surface area (Å²) in [5.74, 6) is -1.01. The second-order valence-corrected chi connectivity index (χ2v) is 5.14. The van der Waals surface area contributed by atoms with E-state index in [1.807, 2.05) is 13.8 Å². The number of thiazole rings is 1. The summed E-state index contributed by atoms with van der Waals surface area (Å²) >= 11 is 1.35. The quantitative estimate of drug-likeness (QED) is 0.885. The predicted octanol–water partition coefficient (Wildman–Crippen LogP) is 3.79. The van der Waals surface area contributed by atoms with Crippen molar-refractivity contribution in [3.8, 4) is 11.3 Å². The van der Waals surface area contributed by atoms with Crippen molar-refractivity contribution in [3.05, 3.63) is 34.8 Å². The molecule has 0 saturated carbocycles. The Labute approximate surface area is 102 Å². The molecule has 0 fully saturated rings. The van der Waals surface area contributed by atoms with Crippen molar-refractivity contribution in [2.45, 2.75) is 19.8 Å². The molecule has 90 valence electrons. The largest absolute Gasteiger partial charge is 0.389 e. The fourth-order valence-corrected chi connectivity index (χ4v) is 2.35. The van der Waals surface area contributed by atoms with Gasteiger partial charge >= 0.3 is 0 Å². The second-order valence-electron chi connectivity index (χ2n) is 4.08. The van der Waals surface area contributed by atoms with Crippen LogP contribution in [0.3, 0.4) is 0 Å². The van der Waals surface area contributed by atoms with Crippen molar-refractivity contribution in [3.63, 3.8) is 0 Å². The third kappa shape index (κ3) is 2.44. The molecule has 2 rings (SSSR count). The van der Waals surface area contributed by atoms with Gasteiger partial charge in [0.15, 0.2) is 0 Å². The normalized spacial score (nSPS) is 11.1. The Bertz CT molecular complexity index is 529. The minimum Gasteiger partial charge on any atom is -0.389 e. The Morgan fingerprint density at radius 3 is 2.24 bits per heavy atom. The van der Waals surface area contributed by atoms with E-state index in [2.05, 4.69) is 4.98 Å². The molecule has 2 aromatic rings. The lowest BCUT2D eigenvalue weighted by Gasteiger charge is -2.00. The summed E-state index contributed by atoms with van der Waals surface area (Å²) in [7, 11) is 0. The Morgan fingerprint density at radius 2 is 1.76 bits per heavy atom. The summed E-state index contributed by atoms with van der Waals surface area (Å²) in [4.78, 5) is 4.32. The summed E-state index contributed by atoms with van der Waals surface area (Å²) in [6, 6.07) is 3.30. The number of hydrogen-bond acceptors (Lipinski definition) is 3. The Hall–Kier alpha value is -1.49. The monoisotopic (exact) mass is 254 g/mol. The minimum atomic E-state index is -0.626. The number of rotatable bonds is 2. The summed E-state index contributed by atoms with van der Waals surface area (Å²) in [5, 5.41) is 1.35. The van der Waals surface area contributed by atoms with E-state index in [4.69, 9.17) is 5.73 Å². The van der Waals surface area contributed by atoms with E-state index in [1.165, 1.54) is 23.5 Å². The zero-order valence-electron chi connectivity index (χ0n) is 9.50. The maximum atomic E-state index is 13.1. The van der Waals surface area contributed by atoms with Crippen molar-refractivity contribution >= 4 is 16.3 Å². The number of nitrogens with two attached hydrogens (primary N) is 1. The third-order valence-electron chi connectivity index (χ3n) is 2.30. The first kappa shape index (κ1) is 12.0. The molecule has 0 unspecified atom stereocenters. The van der Waals surface area contributed by atoms with E-state index in [0.717, 1.165) is 11.1 Å². The SMILES string of the molecule is CC(C)c1nc(-c2cc(F)cc(F)c2)c(N)s1. The van der Waals surface area contributed by atoms with Gasteiger partial charge < -0.3 is 5.73 Å². The van der Waals surface area contributed by atoms with Crippen molar-refractivity contribution in [1.82, 2.24) is 4.98 Å². The van der Waals surface area contributed by atoms with Gasteiger partial charge in [0.25, 0.3) is 0 Å². The highest BCUT2D eigenvalue weighted by Gasteiger charge is 2.14. The molecule has 0 radical (unpaired) electrons. The molecule has 1 aromatic carbocycles. The van der Waals surface area contributed by atoms with Crippen LogP contribution in [0.1, 0.15) is 24.8 Å². The second kappa shape index (κ2) is 4.41. The fraction of sp³-hybridized carbons (Fsp3) is 0.250. The first-order valence-corrected chi connectivity index (χ1v) is 6.01. The van der Waals surface area contributed by atoms with Crippen LogP contribution in [0.4, 0.5) is 13.8 Å². The maximum absolute atomic E-state index is 13.1. The first-order valence-electron chi connectivity index (χ1n) is 5.20. The zero-order chi connectivity index (χ0) is 12.6. The number of aromatic nitrogens is 1. The third-order valence-corrected chi connectivity index (χ3v) is 3.48. The van der Waals surface area contributed by atoms with Crippen LogP contribution >= 0.6 is 11.3 Å². The number of nitrogens with zero attached hydrogens (tertiary/aromatic N) is 1. The van der Waals surface area contributed by atoms with Gasteiger partial charge in [0.2, 0.25) is 0 Å². The molecular formula is C12H12F2N2S.